The first-order valence-electron chi connectivity index (χ1n) is 8.96. The predicted molar refractivity (Wildman–Crippen MR) is 96.4 cm³/mol. The van der Waals surface area contributed by atoms with Crippen LogP contribution in [0.4, 0.5) is 0 Å². The lowest BCUT2D eigenvalue weighted by molar-refractivity contribution is 0.254. The van der Waals surface area contributed by atoms with Crippen LogP contribution in [0.1, 0.15) is 48.2 Å². The van der Waals surface area contributed by atoms with E-state index in [1.54, 1.807) is 13.2 Å². The van der Waals surface area contributed by atoms with E-state index in [0.717, 1.165) is 48.4 Å². The number of ether oxygens (including phenoxy) is 2. The van der Waals surface area contributed by atoms with Gasteiger partial charge in [-0.25, -0.2) is 0 Å². The third kappa shape index (κ3) is 3.16. The molecule has 2 atom stereocenters. The highest BCUT2D eigenvalue weighted by Gasteiger charge is 2.23. The van der Waals surface area contributed by atoms with Crippen molar-refractivity contribution in [2.24, 2.45) is 0 Å². The molecule has 1 aliphatic carbocycles. The molecule has 2 unspecified atom stereocenters. The Bertz CT molecular complexity index is 843. The molecular formula is C20H24N2O3. The zero-order valence-electron chi connectivity index (χ0n) is 14.7. The molecule has 0 radical (unpaired) electrons. The van der Waals surface area contributed by atoms with Gasteiger partial charge in [-0.2, -0.15) is 0 Å². The van der Waals surface area contributed by atoms with Gasteiger partial charge in [0.15, 0.2) is 0 Å². The molecule has 1 aromatic heterocycles. The van der Waals surface area contributed by atoms with Crippen LogP contribution < -0.4 is 20.3 Å². The van der Waals surface area contributed by atoms with Gasteiger partial charge in [-0.1, -0.05) is 6.07 Å². The molecule has 1 aromatic carbocycles. The van der Waals surface area contributed by atoms with Crippen LogP contribution >= 0.6 is 0 Å². The zero-order chi connectivity index (χ0) is 17.4. The molecule has 1 aliphatic heterocycles. The minimum Gasteiger partial charge on any atom is -0.496 e. The van der Waals surface area contributed by atoms with Crippen molar-refractivity contribution in [2.45, 2.75) is 51.3 Å². The molecule has 0 amide bonds. The Balaban J connectivity index is 1.55. The third-order valence-corrected chi connectivity index (χ3v) is 5.17. The number of methoxy groups -OCH3 is 1. The quantitative estimate of drug-likeness (QED) is 0.898. The van der Waals surface area contributed by atoms with E-state index in [9.17, 15) is 4.79 Å². The number of pyridine rings is 1. The minimum absolute atomic E-state index is 0.0223. The molecule has 25 heavy (non-hydrogen) atoms. The van der Waals surface area contributed by atoms with Crippen molar-refractivity contribution in [1.29, 1.82) is 0 Å². The van der Waals surface area contributed by atoms with Crippen molar-refractivity contribution in [3.63, 3.8) is 0 Å². The minimum atomic E-state index is -0.0223. The van der Waals surface area contributed by atoms with Crippen molar-refractivity contribution < 1.29 is 9.47 Å². The molecule has 5 heteroatoms. The molecule has 2 N–H and O–H groups in total. The monoisotopic (exact) mass is 340 g/mol. The topological polar surface area (TPSA) is 63.3 Å². The SMILES string of the molecule is COc1cc2c(cc1CNC1CCCc3[nH]c(=O)ccc31)OC(C)C2. The average Bonchev–Trinajstić information content (AvgIpc) is 2.97. The van der Waals surface area contributed by atoms with Crippen molar-refractivity contribution >= 4 is 0 Å². The summed E-state index contributed by atoms with van der Waals surface area (Å²) in [7, 11) is 1.71. The van der Waals surface area contributed by atoms with Gasteiger partial charge in [0.25, 0.3) is 0 Å². The van der Waals surface area contributed by atoms with E-state index in [-0.39, 0.29) is 17.7 Å². The van der Waals surface area contributed by atoms with Crippen molar-refractivity contribution in [2.75, 3.05) is 7.11 Å². The van der Waals surface area contributed by atoms with Crippen LogP contribution in [0.15, 0.2) is 29.1 Å². The van der Waals surface area contributed by atoms with Crippen LogP contribution in [0.5, 0.6) is 11.5 Å². The molecule has 5 nitrogen and oxygen atoms in total. The molecule has 0 bridgehead atoms. The Labute approximate surface area is 147 Å². The van der Waals surface area contributed by atoms with Crippen LogP contribution in [-0.2, 0) is 19.4 Å². The first-order chi connectivity index (χ1) is 12.1. The number of rotatable bonds is 4. The van der Waals surface area contributed by atoms with Gasteiger partial charge in [-0.05, 0) is 43.9 Å². The summed E-state index contributed by atoms with van der Waals surface area (Å²) in [6.07, 6.45) is 4.25. The first-order valence-corrected chi connectivity index (χ1v) is 8.96. The van der Waals surface area contributed by atoms with E-state index in [0.29, 0.717) is 6.54 Å². The van der Waals surface area contributed by atoms with Crippen LogP contribution in [0.25, 0.3) is 0 Å². The lowest BCUT2D eigenvalue weighted by Crippen LogP contribution is -2.27. The zero-order valence-corrected chi connectivity index (χ0v) is 14.7. The average molecular weight is 340 g/mol. The number of benzene rings is 1. The number of hydrogen-bond acceptors (Lipinski definition) is 4. The molecule has 2 aliphatic rings. The van der Waals surface area contributed by atoms with Gasteiger partial charge in [0.2, 0.25) is 5.56 Å². The van der Waals surface area contributed by atoms with E-state index < -0.39 is 0 Å². The van der Waals surface area contributed by atoms with Crippen LogP contribution in [-0.4, -0.2) is 18.2 Å². The summed E-state index contributed by atoms with van der Waals surface area (Å²) < 4.78 is 11.5. The number of nitrogens with one attached hydrogen (secondary N) is 2. The Morgan fingerprint density at radius 3 is 3.08 bits per heavy atom. The normalized spacial score (nSPS) is 21.4. The van der Waals surface area contributed by atoms with Crippen molar-refractivity contribution in [1.82, 2.24) is 10.3 Å². The van der Waals surface area contributed by atoms with Crippen LogP contribution in [0.3, 0.4) is 0 Å². The van der Waals surface area contributed by atoms with Gasteiger partial charge < -0.3 is 19.8 Å². The fourth-order valence-electron chi connectivity index (χ4n) is 3.96. The van der Waals surface area contributed by atoms with E-state index in [4.69, 9.17) is 9.47 Å². The molecule has 0 saturated heterocycles. The first kappa shape index (κ1) is 16.2. The van der Waals surface area contributed by atoms with Gasteiger partial charge in [0, 0.05) is 41.9 Å². The largest absolute Gasteiger partial charge is 0.496 e. The van der Waals surface area contributed by atoms with E-state index in [2.05, 4.69) is 29.4 Å². The lowest BCUT2D eigenvalue weighted by atomic mass is 9.91. The van der Waals surface area contributed by atoms with Crippen molar-refractivity contribution in [3.05, 3.63) is 57.0 Å². The predicted octanol–water partition coefficient (Wildman–Crippen LogP) is 2.87. The van der Waals surface area contributed by atoms with Gasteiger partial charge in [0.1, 0.15) is 17.6 Å². The number of aromatic amines is 1. The molecule has 0 saturated carbocycles. The highest BCUT2D eigenvalue weighted by Crippen LogP contribution is 2.35. The number of H-pyrrole nitrogens is 1. The summed E-state index contributed by atoms with van der Waals surface area (Å²) in [6, 6.07) is 8.02. The van der Waals surface area contributed by atoms with E-state index in [1.165, 1.54) is 11.1 Å². The van der Waals surface area contributed by atoms with Gasteiger partial charge in [-0.15, -0.1) is 0 Å². The molecule has 0 spiro atoms. The second-order valence-corrected chi connectivity index (χ2v) is 6.99. The maximum Gasteiger partial charge on any atom is 0.248 e. The number of hydrogen-bond donors (Lipinski definition) is 2. The second-order valence-electron chi connectivity index (χ2n) is 6.99. The number of aromatic nitrogens is 1. The smallest absolute Gasteiger partial charge is 0.248 e. The number of aryl methyl sites for hydroxylation is 1. The number of fused-ring (bicyclic) bond motifs is 2. The summed E-state index contributed by atoms with van der Waals surface area (Å²) in [6.45, 7) is 2.79. The highest BCUT2D eigenvalue weighted by atomic mass is 16.5. The Kier molecular flexibility index (Phi) is 4.25. The summed E-state index contributed by atoms with van der Waals surface area (Å²) in [5.74, 6) is 1.87. The van der Waals surface area contributed by atoms with Gasteiger partial charge in [0.05, 0.1) is 7.11 Å². The van der Waals surface area contributed by atoms with Crippen LogP contribution in [0.2, 0.25) is 0 Å². The summed E-state index contributed by atoms with van der Waals surface area (Å²) in [5, 5.41) is 3.63. The Morgan fingerprint density at radius 2 is 2.24 bits per heavy atom. The summed E-state index contributed by atoms with van der Waals surface area (Å²) in [5.41, 5.74) is 4.57. The standard InChI is InChI=1S/C20H24N2O3/c1-12-8-13-9-18(24-2)14(10-19(13)25-12)11-21-16-4-3-5-17-15(16)6-7-20(23)22-17/h6-7,9-10,12,16,21H,3-5,8,11H2,1-2H3,(H,22,23). The summed E-state index contributed by atoms with van der Waals surface area (Å²) in [4.78, 5) is 14.5. The third-order valence-electron chi connectivity index (χ3n) is 5.17. The fraction of sp³-hybridized carbons (Fsp3) is 0.450. The molecule has 4 rings (SSSR count). The lowest BCUT2D eigenvalue weighted by Gasteiger charge is -2.26. The molecule has 0 fully saturated rings. The Morgan fingerprint density at radius 1 is 1.36 bits per heavy atom. The molecule has 132 valence electrons. The van der Waals surface area contributed by atoms with E-state index >= 15 is 0 Å². The van der Waals surface area contributed by atoms with Crippen molar-refractivity contribution in [3.8, 4) is 11.5 Å². The van der Waals surface area contributed by atoms with E-state index in [1.807, 2.05) is 6.07 Å². The van der Waals surface area contributed by atoms with Crippen LogP contribution in [0, 0.1) is 0 Å². The molecule has 2 heterocycles. The summed E-state index contributed by atoms with van der Waals surface area (Å²) >= 11 is 0. The second kappa shape index (κ2) is 6.56. The van der Waals surface area contributed by atoms with Gasteiger partial charge in [-0.3, -0.25) is 4.79 Å². The fourth-order valence-corrected chi connectivity index (χ4v) is 3.96. The Hall–Kier alpha value is -2.27. The highest BCUT2D eigenvalue weighted by molar-refractivity contribution is 5.48. The molecular weight excluding hydrogens is 316 g/mol. The maximum absolute atomic E-state index is 11.5. The molecule has 2 aromatic rings. The maximum atomic E-state index is 11.5. The van der Waals surface area contributed by atoms with Gasteiger partial charge >= 0.3 is 0 Å².